The van der Waals surface area contributed by atoms with Crippen molar-refractivity contribution in [2.45, 2.75) is 20.3 Å². The Balaban J connectivity index is 1.99. The summed E-state index contributed by atoms with van der Waals surface area (Å²) in [7, 11) is 3.19. The average molecular weight is 357 g/mol. The Morgan fingerprint density at radius 3 is 2.32 bits per heavy atom. The Morgan fingerprint density at radius 1 is 1.04 bits per heavy atom. The molecule has 0 atom stereocenters. The molecule has 0 spiro atoms. The molecule has 0 amide bonds. The van der Waals surface area contributed by atoms with Crippen LogP contribution in [0.3, 0.4) is 0 Å². The summed E-state index contributed by atoms with van der Waals surface area (Å²) in [5, 5.41) is 7.80. The van der Waals surface area contributed by atoms with E-state index in [1.165, 1.54) is 5.56 Å². The van der Waals surface area contributed by atoms with Crippen LogP contribution < -0.4 is 20.2 Å². The lowest BCUT2D eigenvalue weighted by Gasteiger charge is -2.12. The molecule has 0 heterocycles. The van der Waals surface area contributed by atoms with Crippen molar-refractivity contribution in [3.63, 3.8) is 0 Å². The predicted molar refractivity (Wildman–Crippen MR) is 107 cm³/mol. The van der Waals surface area contributed by atoms with Crippen molar-refractivity contribution in [1.82, 2.24) is 5.43 Å². The lowest BCUT2D eigenvalue weighted by atomic mass is 10.1. The van der Waals surface area contributed by atoms with Gasteiger partial charge in [0.2, 0.25) is 0 Å². The molecule has 132 valence electrons. The quantitative estimate of drug-likeness (QED) is 0.465. The summed E-state index contributed by atoms with van der Waals surface area (Å²) in [5.74, 6) is 1.29. The van der Waals surface area contributed by atoms with E-state index in [0.717, 1.165) is 23.4 Å². The number of aryl methyl sites for hydroxylation is 1. The summed E-state index contributed by atoms with van der Waals surface area (Å²) in [5.41, 5.74) is 6.86. The van der Waals surface area contributed by atoms with Crippen molar-refractivity contribution < 1.29 is 9.47 Å². The molecule has 25 heavy (non-hydrogen) atoms. The average Bonchev–Trinajstić information content (AvgIpc) is 2.66. The number of nitrogens with zero attached hydrogens (tertiary/aromatic N) is 1. The highest BCUT2D eigenvalue weighted by Crippen LogP contribution is 2.29. The summed E-state index contributed by atoms with van der Waals surface area (Å²) in [4.78, 5) is 0. The molecule has 0 aromatic heterocycles. The van der Waals surface area contributed by atoms with Crippen LogP contribution in [0.4, 0.5) is 5.69 Å². The lowest BCUT2D eigenvalue weighted by Crippen LogP contribution is -2.25. The first-order valence-electron chi connectivity index (χ1n) is 8.00. The van der Waals surface area contributed by atoms with Gasteiger partial charge in [0.15, 0.2) is 16.6 Å². The van der Waals surface area contributed by atoms with Gasteiger partial charge in [-0.3, -0.25) is 5.43 Å². The summed E-state index contributed by atoms with van der Waals surface area (Å²) < 4.78 is 10.5. The molecule has 0 fully saturated rings. The first-order valence-corrected chi connectivity index (χ1v) is 8.40. The van der Waals surface area contributed by atoms with Crippen LogP contribution in [0.2, 0.25) is 0 Å². The number of ether oxygens (including phenoxy) is 2. The zero-order valence-corrected chi connectivity index (χ0v) is 15.7. The fourth-order valence-corrected chi connectivity index (χ4v) is 2.42. The molecule has 0 aliphatic carbocycles. The molecule has 0 aliphatic rings. The maximum Gasteiger partial charge on any atom is 0.191 e. The summed E-state index contributed by atoms with van der Waals surface area (Å²) in [6.07, 6.45) is 1.02. The molecule has 5 nitrogen and oxygen atoms in total. The standard InChI is InChI=1S/C19H23N3O2S/c1-5-14-6-8-15(9-7-14)13(2)21-22-19(25)20-16-10-11-17(23-3)18(12-16)24-4/h6-12H,5H2,1-4H3,(H2,20,22,25)/b21-13-. The predicted octanol–water partition coefficient (Wildman–Crippen LogP) is 3.98. The third kappa shape index (κ3) is 5.19. The first kappa shape index (κ1) is 18.7. The van der Waals surface area contributed by atoms with Gasteiger partial charge >= 0.3 is 0 Å². The van der Waals surface area contributed by atoms with E-state index in [1.807, 2.05) is 25.1 Å². The molecule has 0 aliphatic heterocycles. The second-order valence-corrected chi connectivity index (χ2v) is 5.79. The SMILES string of the molecule is CCc1ccc(/C(C)=N\NC(=S)Nc2ccc(OC)c(OC)c2)cc1. The maximum atomic E-state index is 5.28. The second-order valence-electron chi connectivity index (χ2n) is 5.38. The number of anilines is 1. The van der Waals surface area contributed by atoms with Crippen LogP contribution in [-0.4, -0.2) is 25.0 Å². The van der Waals surface area contributed by atoms with E-state index in [2.05, 4.69) is 47.0 Å². The third-order valence-corrected chi connectivity index (χ3v) is 3.94. The van der Waals surface area contributed by atoms with E-state index in [4.69, 9.17) is 21.7 Å². The van der Waals surface area contributed by atoms with Crippen LogP contribution in [0.25, 0.3) is 0 Å². The van der Waals surface area contributed by atoms with Gasteiger partial charge in [-0.1, -0.05) is 31.2 Å². The Bertz CT molecular complexity index is 758. The van der Waals surface area contributed by atoms with Gasteiger partial charge in [-0.15, -0.1) is 0 Å². The monoisotopic (exact) mass is 357 g/mol. The molecular weight excluding hydrogens is 334 g/mol. The smallest absolute Gasteiger partial charge is 0.191 e. The molecule has 0 saturated carbocycles. The number of benzene rings is 2. The van der Waals surface area contributed by atoms with Crippen molar-refractivity contribution in [2.75, 3.05) is 19.5 Å². The Hall–Kier alpha value is -2.60. The fourth-order valence-electron chi connectivity index (χ4n) is 2.25. The minimum absolute atomic E-state index is 0.400. The summed E-state index contributed by atoms with van der Waals surface area (Å²) >= 11 is 5.28. The van der Waals surface area contributed by atoms with Crippen molar-refractivity contribution in [1.29, 1.82) is 0 Å². The zero-order valence-electron chi connectivity index (χ0n) is 14.9. The molecule has 0 radical (unpaired) electrons. The minimum atomic E-state index is 0.400. The first-order chi connectivity index (χ1) is 12.1. The molecular formula is C19H23N3O2S. The van der Waals surface area contributed by atoms with Gasteiger partial charge < -0.3 is 14.8 Å². The molecule has 2 N–H and O–H groups in total. The third-order valence-electron chi connectivity index (χ3n) is 3.75. The maximum absolute atomic E-state index is 5.28. The van der Waals surface area contributed by atoms with E-state index in [-0.39, 0.29) is 0 Å². The van der Waals surface area contributed by atoms with Gasteiger partial charge in [0, 0.05) is 11.8 Å². The zero-order chi connectivity index (χ0) is 18.2. The Morgan fingerprint density at radius 2 is 1.72 bits per heavy atom. The Labute approximate surface area is 154 Å². The highest BCUT2D eigenvalue weighted by molar-refractivity contribution is 7.80. The van der Waals surface area contributed by atoms with Crippen molar-refractivity contribution in [3.8, 4) is 11.5 Å². The van der Waals surface area contributed by atoms with E-state index < -0.39 is 0 Å². The molecule has 2 rings (SSSR count). The van der Waals surface area contributed by atoms with Gasteiger partial charge in [-0.25, -0.2) is 0 Å². The molecule has 2 aromatic rings. The topological polar surface area (TPSA) is 54.9 Å². The van der Waals surface area contributed by atoms with Crippen LogP contribution in [-0.2, 0) is 6.42 Å². The molecule has 2 aromatic carbocycles. The number of hydrazone groups is 1. The van der Waals surface area contributed by atoms with Gasteiger partial charge in [-0.2, -0.15) is 5.10 Å². The highest BCUT2D eigenvalue weighted by Gasteiger charge is 2.05. The summed E-state index contributed by atoms with van der Waals surface area (Å²) in [6, 6.07) is 13.8. The van der Waals surface area contributed by atoms with Crippen LogP contribution >= 0.6 is 12.2 Å². The molecule has 0 bridgehead atoms. The van der Waals surface area contributed by atoms with Crippen molar-refractivity contribution in [3.05, 3.63) is 53.6 Å². The molecule has 0 unspecified atom stereocenters. The van der Waals surface area contributed by atoms with Gasteiger partial charge in [0.05, 0.1) is 19.9 Å². The number of hydrogen-bond acceptors (Lipinski definition) is 4. The van der Waals surface area contributed by atoms with Gasteiger partial charge in [0.1, 0.15) is 0 Å². The number of nitrogens with one attached hydrogen (secondary N) is 2. The number of methoxy groups -OCH3 is 2. The van der Waals surface area contributed by atoms with Crippen molar-refractivity contribution in [2.24, 2.45) is 5.10 Å². The molecule has 6 heteroatoms. The van der Waals surface area contributed by atoms with Gasteiger partial charge in [-0.05, 0) is 48.8 Å². The summed E-state index contributed by atoms with van der Waals surface area (Å²) in [6.45, 7) is 4.07. The second kappa shape index (κ2) is 9.03. The highest BCUT2D eigenvalue weighted by atomic mass is 32.1. The molecule has 0 saturated heterocycles. The van der Waals surface area contributed by atoms with Crippen LogP contribution in [0.15, 0.2) is 47.6 Å². The van der Waals surface area contributed by atoms with Gasteiger partial charge in [0.25, 0.3) is 0 Å². The van der Waals surface area contributed by atoms with Crippen molar-refractivity contribution >= 4 is 28.7 Å². The number of hydrogen-bond donors (Lipinski definition) is 2. The lowest BCUT2D eigenvalue weighted by molar-refractivity contribution is 0.355. The van der Waals surface area contributed by atoms with Crippen LogP contribution in [0, 0.1) is 0 Å². The number of thiocarbonyl (C=S) groups is 1. The van der Waals surface area contributed by atoms with E-state index in [9.17, 15) is 0 Å². The van der Waals surface area contributed by atoms with E-state index in [0.29, 0.717) is 16.6 Å². The minimum Gasteiger partial charge on any atom is -0.493 e. The van der Waals surface area contributed by atoms with E-state index >= 15 is 0 Å². The van der Waals surface area contributed by atoms with Crippen LogP contribution in [0.5, 0.6) is 11.5 Å². The van der Waals surface area contributed by atoms with Crippen LogP contribution in [0.1, 0.15) is 25.0 Å². The fraction of sp³-hybridized carbons (Fsp3) is 0.263. The Kier molecular flexibility index (Phi) is 6.77. The largest absolute Gasteiger partial charge is 0.493 e. The normalized spacial score (nSPS) is 11.0. The van der Waals surface area contributed by atoms with E-state index in [1.54, 1.807) is 14.2 Å². The number of rotatable bonds is 6.